The van der Waals surface area contributed by atoms with E-state index in [0.717, 1.165) is 5.56 Å². The molecule has 0 saturated carbocycles. The van der Waals surface area contributed by atoms with Gasteiger partial charge in [-0.05, 0) is 38.5 Å². The highest BCUT2D eigenvalue weighted by molar-refractivity contribution is 7.92. The highest BCUT2D eigenvalue weighted by Crippen LogP contribution is 2.22. The average Bonchev–Trinajstić information content (AvgIpc) is 2.86. The molecule has 114 valence electrons. The van der Waals surface area contributed by atoms with Crippen LogP contribution in [0.2, 0.25) is 0 Å². The number of anilines is 1. The Morgan fingerprint density at radius 1 is 1.43 bits per heavy atom. The zero-order chi connectivity index (χ0) is 15.6. The first-order valence-corrected chi connectivity index (χ1v) is 8.08. The lowest BCUT2D eigenvalue weighted by molar-refractivity contribution is 0.268. The molecular formula is C14H19N3O3S. The van der Waals surface area contributed by atoms with Crippen molar-refractivity contribution >= 4 is 15.7 Å². The van der Waals surface area contributed by atoms with Gasteiger partial charge in [-0.2, -0.15) is 0 Å². The van der Waals surface area contributed by atoms with E-state index in [1.54, 1.807) is 23.8 Å². The minimum Gasteiger partial charge on any atom is -0.390 e. The lowest BCUT2D eigenvalue weighted by Crippen LogP contribution is -2.13. The van der Waals surface area contributed by atoms with Crippen molar-refractivity contribution in [2.75, 3.05) is 4.72 Å². The second-order valence-electron chi connectivity index (χ2n) is 5.12. The van der Waals surface area contributed by atoms with Gasteiger partial charge >= 0.3 is 0 Å². The van der Waals surface area contributed by atoms with Gasteiger partial charge in [-0.1, -0.05) is 0 Å². The van der Waals surface area contributed by atoms with Crippen molar-refractivity contribution in [1.29, 1.82) is 0 Å². The minimum atomic E-state index is -3.69. The molecule has 2 aromatic heterocycles. The summed E-state index contributed by atoms with van der Waals surface area (Å²) in [7, 11) is -3.69. The van der Waals surface area contributed by atoms with Crippen molar-refractivity contribution in [3.63, 3.8) is 0 Å². The molecule has 0 aliphatic rings. The van der Waals surface area contributed by atoms with E-state index >= 15 is 0 Å². The van der Waals surface area contributed by atoms with Gasteiger partial charge in [0.15, 0.2) is 0 Å². The van der Waals surface area contributed by atoms with E-state index in [1.165, 1.54) is 18.5 Å². The Bertz CT molecular complexity index is 736. The van der Waals surface area contributed by atoms with Crippen LogP contribution in [0.3, 0.4) is 0 Å². The van der Waals surface area contributed by atoms with Crippen molar-refractivity contribution in [3.05, 3.63) is 42.0 Å². The fourth-order valence-corrected chi connectivity index (χ4v) is 3.22. The van der Waals surface area contributed by atoms with Crippen LogP contribution < -0.4 is 4.72 Å². The maximum atomic E-state index is 12.4. The number of hydrogen-bond donors (Lipinski definition) is 2. The van der Waals surface area contributed by atoms with Crippen LogP contribution in [0.25, 0.3) is 0 Å². The van der Waals surface area contributed by atoms with Gasteiger partial charge in [0.05, 0.1) is 12.3 Å². The molecule has 0 amide bonds. The molecule has 7 heteroatoms. The SMILES string of the molecule is Cc1cnccc1NS(=O)(=O)c1cc(CO)n(C(C)C)c1. The van der Waals surface area contributed by atoms with Gasteiger partial charge in [0, 0.05) is 30.3 Å². The molecule has 21 heavy (non-hydrogen) atoms. The van der Waals surface area contributed by atoms with Crippen molar-refractivity contribution in [2.45, 2.75) is 38.3 Å². The molecule has 0 fully saturated rings. The Kier molecular flexibility index (Phi) is 4.34. The quantitative estimate of drug-likeness (QED) is 0.885. The predicted molar refractivity (Wildman–Crippen MR) is 80.5 cm³/mol. The van der Waals surface area contributed by atoms with Crippen molar-refractivity contribution in [3.8, 4) is 0 Å². The third-order valence-corrected chi connectivity index (χ3v) is 4.53. The van der Waals surface area contributed by atoms with E-state index in [2.05, 4.69) is 9.71 Å². The lowest BCUT2D eigenvalue weighted by Gasteiger charge is -2.10. The first-order chi connectivity index (χ1) is 9.85. The van der Waals surface area contributed by atoms with Crippen LogP contribution >= 0.6 is 0 Å². The number of pyridine rings is 1. The molecule has 0 saturated heterocycles. The van der Waals surface area contributed by atoms with E-state index in [4.69, 9.17) is 0 Å². The predicted octanol–water partition coefficient (Wildman–Crippen LogP) is 2.07. The number of aryl methyl sites for hydroxylation is 1. The van der Waals surface area contributed by atoms with Gasteiger partial charge in [0.1, 0.15) is 4.90 Å². The zero-order valence-electron chi connectivity index (χ0n) is 12.2. The number of hydrogen-bond acceptors (Lipinski definition) is 4. The van der Waals surface area contributed by atoms with Crippen LogP contribution in [0.1, 0.15) is 31.1 Å². The highest BCUT2D eigenvalue weighted by atomic mass is 32.2. The molecule has 0 atom stereocenters. The number of nitrogens with zero attached hydrogens (tertiary/aromatic N) is 2. The van der Waals surface area contributed by atoms with Gasteiger partial charge < -0.3 is 9.67 Å². The number of rotatable bonds is 5. The van der Waals surface area contributed by atoms with Gasteiger partial charge in [0.25, 0.3) is 10.0 Å². The highest BCUT2D eigenvalue weighted by Gasteiger charge is 2.20. The van der Waals surface area contributed by atoms with E-state index in [9.17, 15) is 13.5 Å². The molecule has 2 rings (SSSR count). The van der Waals surface area contributed by atoms with Crippen molar-refractivity contribution < 1.29 is 13.5 Å². The van der Waals surface area contributed by atoms with E-state index in [1.807, 2.05) is 13.8 Å². The largest absolute Gasteiger partial charge is 0.390 e. The lowest BCUT2D eigenvalue weighted by atomic mass is 10.3. The summed E-state index contributed by atoms with van der Waals surface area (Å²) in [5.74, 6) is 0. The molecule has 2 N–H and O–H groups in total. The molecule has 6 nitrogen and oxygen atoms in total. The van der Waals surface area contributed by atoms with E-state index in [0.29, 0.717) is 11.4 Å². The average molecular weight is 309 g/mol. The van der Waals surface area contributed by atoms with Gasteiger partial charge in [-0.15, -0.1) is 0 Å². The Morgan fingerprint density at radius 2 is 2.14 bits per heavy atom. The molecule has 2 heterocycles. The molecule has 0 unspecified atom stereocenters. The molecular weight excluding hydrogens is 290 g/mol. The number of aliphatic hydroxyl groups excluding tert-OH is 1. The van der Waals surface area contributed by atoms with Crippen LogP contribution in [0.15, 0.2) is 35.6 Å². The van der Waals surface area contributed by atoms with Crippen molar-refractivity contribution in [2.24, 2.45) is 0 Å². The molecule has 0 radical (unpaired) electrons. The van der Waals surface area contributed by atoms with E-state index in [-0.39, 0.29) is 17.5 Å². The Balaban J connectivity index is 2.38. The van der Waals surface area contributed by atoms with E-state index < -0.39 is 10.0 Å². The smallest absolute Gasteiger partial charge is 0.263 e. The fraction of sp³-hybridized carbons (Fsp3) is 0.357. The van der Waals surface area contributed by atoms with Crippen LogP contribution in [0.4, 0.5) is 5.69 Å². The summed E-state index contributed by atoms with van der Waals surface area (Å²) in [5, 5.41) is 9.34. The van der Waals surface area contributed by atoms with Gasteiger partial charge in [-0.25, -0.2) is 8.42 Å². The Labute approximate surface area is 124 Å². The van der Waals surface area contributed by atoms with Crippen molar-refractivity contribution in [1.82, 2.24) is 9.55 Å². The summed E-state index contributed by atoms with van der Waals surface area (Å²) in [6, 6.07) is 3.16. The molecule has 0 aromatic carbocycles. The Morgan fingerprint density at radius 3 is 2.67 bits per heavy atom. The number of aromatic nitrogens is 2. The van der Waals surface area contributed by atoms with Crippen LogP contribution in [0.5, 0.6) is 0 Å². The molecule has 0 bridgehead atoms. The maximum absolute atomic E-state index is 12.4. The standard InChI is InChI=1S/C14H19N3O3S/c1-10(2)17-8-13(6-12(17)9-18)21(19,20)16-14-4-5-15-7-11(14)3/h4-8,10,18H,9H2,1-3H3,(H,15,16). The van der Waals surface area contributed by atoms with Gasteiger partial charge in [0.2, 0.25) is 0 Å². The number of nitrogens with one attached hydrogen (secondary N) is 1. The summed E-state index contributed by atoms with van der Waals surface area (Å²) in [4.78, 5) is 4.07. The molecule has 0 aliphatic carbocycles. The zero-order valence-corrected chi connectivity index (χ0v) is 13.1. The molecule has 0 spiro atoms. The minimum absolute atomic E-state index is 0.0683. The second-order valence-corrected chi connectivity index (χ2v) is 6.80. The number of sulfonamides is 1. The van der Waals surface area contributed by atoms with Crippen LogP contribution in [-0.2, 0) is 16.6 Å². The third-order valence-electron chi connectivity index (χ3n) is 3.20. The van der Waals surface area contributed by atoms with Gasteiger partial charge in [-0.3, -0.25) is 9.71 Å². The summed E-state index contributed by atoms with van der Waals surface area (Å²) in [6.07, 6.45) is 4.66. The molecule has 0 aliphatic heterocycles. The first kappa shape index (κ1) is 15.5. The summed E-state index contributed by atoms with van der Waals surface area (Å²) >= 11 is 0. The maximum Gasteiger partial charge on any atom is 0.263 e. The monoisotopic (exact) mass is 309 g/mol. The summed E-state index contributed by atoms with van der Waals surface area (Å²) in [5.41, 5.74) is 1.80. The summed E-state index contributed by atoms with van der Waals surface area (Å²) in [6.45, 7) is 5.43. The summed E-state index contributed by atoms with van der Waals surface area (Å²) < 4.78 is 29.2. The molecule has 2 aromatic rings. The topological polar surface area (TPSA) is 84.2 Å². The normalized spacial score (nSPS) is 11.9. The fourth-order valence-electron chi connectivity index (χ4n) is 2.04. The van der Waals surface area contributed by atoms with Crippen LogP contribution in [-0.4, -0.2) is 23.1 Å². The second kappa shape index (κ2) is 5.87. The van der Waals surface area contributed by atoms with Crippen LogP contribution in [0, 0.1) is 6.92 Å². The third kappa shape index (κ3) is 3.25. The number of aliphatic hydroxyl groups is 1. The first-order valence-electron chi connectivity index (χ1n) is 6.60. The Hall–Kier alpha value is -1.86.